The van der Waals surface area contributed by atoms with Gasteiger partial charge in [0.25, 0.3) is 0 Å². The van der Waals surface area contributed by atoms with E-state index in [0.717, 1.165) is 96.3 Å². The Morgan fingerprint density at radius 1 is 0.267 bits per heavy atom. The minimum absolute atomic E-state index is 0.107. The van der Waals surface area contributed by atoms with Crippen molar-refractivity contribution in [1.82, 2.24) is 0 Å². The van der Waals surface area contributed by atoms with Crippen LogP contribution >= 0.6 is 15.6 Å². The standard InChI is InChI=1S/C71H138O17P2/c1-5-9-13-17-21-25-28-30-32-34-36-38-41-44-48-52-56-69(74)82-62-67(88-71(76)58-54-50-46-42-39-37-35-33-31-29-26-22-18-14-10-6-2)64-86-90(79,80)84-60-65(72)59-83-89(77,78)85-63-66(61-81-68(73)55-51-47-43-24-20-16-12-8-4)87-70(75)57-53-49-45-40-27-23-19-15-11-7-3/h65-67,72H,5-64H2,1-4H3,(H,77,78)(H,79,80)/t65-,66+,67+/m0/s1. The van der Waals surface area contributed by atoms with Crippen molar-refractivity contribution in [3.63, 3.8) is 0 Å². The number of phosphoric ester groups is 2. The van der Waals surface area contributed by atoms with Gasteiger partial charge in [0.1, 0.15) is 19.3 Å². The van der Waals surface area contributed by atoms with Crippen LogP contribution in [0.3, 0.4) is 0 Å². The quantitative estimate of drug-likeness (QED) is 0.0222. The Bertz CT molecular complexity index is 1720. The summed E-state index contributed by atoms with van der Waals surface area (Å²) in [6.45, 7) is 4.92. The molecule has 0 aromatic rings. The molecule has 0 fully saturated rings. The maximum atomic E-state index is 13.0. The largest absolute Gasteiger partial charge is 0.472 e. The lowest BCUT2D eigenvalue weighted by atomic mass is 10.0. The molecular formula is C71H138O17P2. The molecule has 0 rings (SSSR count). The Labute approximate surface area is 549 Å². The maximum absolute atomic E-state index is 13.0. The summed E-state index contributed by atoms with van der Waals surface area (Å²) < 4.78 is 68.2. The summed E-state index contributed by atoms with van der Waals surface area (Å²) in [7, 11) is -9.89. The van der Waals surface area contributed by atoms with Crippen molar-refractivity contribution in [2.24, 2.45) is 0 Å². The van der Waals surface area contributed by atoms with Gasteiger partial charge in [-0.2, -0.15) is 0 Å². The zero-order valence-electron chi connectivity index (χ0n) is 58.1. The second kappa shape index (κ2) is 65.7. The molecule has 0 bridgehead atoms. The predicted octanol–water partition coefficient (Wildman–Crippen LogP) is 20.7. The van der Waals surface area contributed by atoms with Crippen LogP contribution in [0.5, 0.6) is 0 Å². The topological polar surface area (TPSA) is 237 Å². The molecule has 0 aliphatic rings. The molecule has 0 aliphatic heterocycles. The molecule has 5 atom stereocenters. The summed E-state index contributed by atoms with van der Waals surface area (Å²) in [6.07, 6.45) is 54.1. The monoisotopic (exact) mass is 1320 g/mol. The fraction of sp³-hybridized carbons (Fsp3) is 0.944. The first-order valence-electron chi connectivity index (χ1n) is 37.3. The maximum Gasteiger partial charge on any atom is 0.472 e. The van der Waals surface area contributed by atoms with Crippen LogP contribution in [0, 0.1) is 0 Å². The van der Waals surface area contributed by atoms with Crippen molar-refractivity contribution < 1.29 is 80.2 Å². The van der Waals surface area contributed by atoms with Gasteiger partial charge in [-0.15, -0.1) is 0 Å². The Morgan fingerprint density at radius 3 is 0.656 bits per heavy atom. The number of rotatable bonds is 72. The Morgan fingerprint density at radius 2 is 0.444 bits per heavy atom. The zero-order valence-corrected chi connectivity index (χ0v) is 59.9. The van der Waals surface area contributed by atoms with Gasteiger partial charge in [0.15, 0.2) is 12.2 Å². The number of aliphatic hydroxyl groups excluding tert-OH is 1. The first-order valence-corrected chi connectivity index (χ1v) is 40.3. The number of hydrogen-bond acceptors (Lipinski definition) is 15. The van der Waals surface area contributed by atoms with Crippen LogP contribution in [0.25, 0.3) is 0 Å². The fourth-order valence-electron chi connectivity index (χ4n) is 10.9. The lowest BCUT2D eigenvalue weighted by Gasteiger charge is -2.21. The van der Waals surface area contributed by atoms with Gasteiger partial charge < -0.3 is 33.8 Å². The van der Waals surface area contributed by atoms with Gasteiger partial charge in [0.05, 0.1) is 26.4 Å². The number of ether oxygens (including phenoxy) is 4. The highest BCUT2D eigenvalue weighted by Gasteiger charge is 2.30. The third-order valence-corrected chi connectivity index (χ3v) is 18.5. The summed E-state index contributed by atoms with van der Waals surface area (Å²) >= 11 is 0. The highest BCUT2D eigenvalue weighted by Crippen LogP contribution is 2.45. The normalized spacial score (nSPS) is 14.0. The number of carbonyl (C=O) groups is 4. The van der Waals surface area contributed by atoms with E-state index in [9.17, 15) is 43.2 Å². The lowest BCUT2D eigenvalue weighted by molar-refractivity contribution is -0.161. The molecule has 0 saturated carbocycles. The molecule has 19 heteroatoms. The number of unbranched alkanes of at least 4 members (excludes halogenated alkanes) is 46. The van der Waals surface area contributed by atoms with Crippen molar-refractivity contribution in [3.05, 3.63) is 0 Å². The first-order chi connectivity index (χ1) is 43.7. The second-order valence-electron chi connectivity index (χ2n) is 25.6. The van der Waals surface area contributed by atoms with Crippen molar-refractivity contribution in [2.45, 2.75) is 393 Å². The molecule has 0 aliphatic carbocycles. The number of carbonyl (C=O) groups excluding carboxylic acids is 4. The van der Waals surface area contributed by atoms with E-state index in [1.165, 1.54) is 199 Å². The summed E-state index contributed by atoms with van der Waals surface area (Å²) in [4.78, 5) is 72.5. The summed E-state index contributed by atoms with van der Waals surface area (Å²) in [5.41, 5.74) is 0. The van der Waals surface area contributed by atoms with E-state index >= 15 is 0 Å². The van der Waals surface area contributed by atoms with Crippen LogP contribution in [0.1, 0.15) is 374 Å². The van der Waals surface area contributed by atoms with Crippen molar-refractivity contribution in [2.75, 3.05) is 39.6 Å². The average molecular weight is 1330 g/mol. The minimum atomic E-state index is -4.95. The molecule has 90 heavy (non-hydrogen) atoms. The lowest BCUT2D eigenvalue weighted by Crippen LogP contribution is -2.30. The SMILES string of the molecule is CCCCCCCCCCCCCCCCCCC(=O)OC[C@H](COP(=O)(O)OC[C@@H](O)COP(=O)(O)OC[C@@H](COC(=O)CCCCCCCCCC)OC(=O)CCCCCCCCCCCC)OC(=O)CCCCCCCCCCCCCCCCCC. The Hall–Kier alpha value is -1.94. The van der Waals surface area contributed by atoms with Crippen LogP contribution in [-0.4, -0.2) is 96.7 Å². The molecule has 0 radical (unpaired) electrons. The molecule has 0 aromatic heterocycles. The number of phosphoric acid groups is 2. The molecule has 0 spiro atoms. The Balaban J connectivity index is 5.20. The van der Waals surface area contributed by atoms with Crippen molar-refractivity contribution in [3.8, 4) is 0 Å². The molecule has 0 saturated heterocycles. The average Bonchev–Trinajstić information content (AvgIpc) is 2.56. The van der Waals surface area contributed by atoms with E-state index in [4.69, 9.17) is 37.0 Å². The van der Waals surface area contributed by atoms with E-state index in [1.54, 1.807) is 0 Å². The van der Waals surface area contributed by atoms with E-state index in [1.807, 2.05) is 0 Å². The predicted molar refractivity (Wildman–Crippen MR) is 363 cm³/mol. The molecule has 0 amide bonds. The Kier molecular flexibility index (Phi) is 64.3. The molecular weight excluding hydrogens is 1190 g/mol. The van der Waals surface area contributed by atoms with E-state index in [0.29, 0.717) is 25.7 Å². The van der Waals surface area contributed by atoms with E-state index in [2.05, 4.69) is 27.7 Å². The summed E-state index contributed by atoms with van der Waals surface area (Å²) in [6, 6.07) is 0. The molecule has 534 valence electrons. The second-order valence-corrected chi connectivity index (χ2v) is 28.5. The molecule has 17 nitrogen and oxygen atoms in total. The highest BCUT2D eigenvalue weighted by atomic mass is 31.2. The van der Waals surface area contributed by atoms with Gasteiger partial charge in [0, 0.05) is 25.7 Å². The van der Waals surface area contributed by atoms with Crippen LogP contribution < -0.4 is 0 Å². The zero-order chi connectivity index (χ0) is 66.1. The molecule has 0 aromatic carbocycles. The van der Waals surface area contributed by atoms with Gasteiger partial charge in [0.2, 0.25) is 0 Å². The number of esters is 4. The van der Waals surface area contributed by atoms with Gasteiger partial charge in [-0.05, 0) is 25.7 Å². The van der Waals surface area contributed by atoms with Gasteiger partial charge in [-0.3, -0.25) is 37.3 Å². The molecule has 0 heterocycles. The van der Waals surface area contributed by atoms with Gasteiger partial charge >= 0.3 is 39.5 Å². The fourth-order valence-corrected chi connectivity index (χ4v) is 12.4. The van der Waals surface area contributed by atoms with Crippen LogP contribution in [0.15, 0.2) is 0 Å². The van der Waals surface area contributed by atoms with Gasteiger partial charge in [-0.25, -0.2) is 9.13 Å². The van der Waals surface area contributed by atoms with Crippen molar-refractivity contribution >= 4 is 39.5 Å². The minimum Gasteiger partial charge on any atom is -0.462 e. The van der Waals surface area contributed by atoms with E-state index < -0.39 is 97.5 Å². The first kappa shape index (κ1) is 88.1. The van der Waals surface area contributed by atoms with E-state index in [-0.39, 0.29) is 25.7 Å². The van der Waals surface area contributed by atoms with Crippen LogP contribution in [0.4, 0.5) is 0 Å². The molecule has 2 unspecified atom stereocenters. The van der Waals surface area contributed by atoms with Gasteiger partial charge in [-0.1, -0.05) is 323 Å². The van der Waals surface area contributed by atoms with Crippen LogP contribution in [0.2, 0.25) is 0 Å². The van der Waals surface area contributed by atoms with Crippen molar-refractivity contribution in [1.29, 1.82) is 0 Å². The molecule has 3 N–H and O–H groups in total. The number of aliphatic hydroxyl groups is 1. The third-order valence-electron chi connectivity index (χ3n) is 16.6. The highest BCUT2D eigenvalue weighted by molar-refractivity contribution is 7.47. The smallest absolute Gasteiger partial charge is 0.462 e. The van der Waals surface area contributed by atoms with Crippen LogP contribution in [-0.2, 0) is 65.4 Å². The summed E-state index contributed by atoms with van der Waals surface area (Å²) in [5, 5.41) is 10.6. The third kappa shape index (κ3) is 64.8. The number of hydrogen-bond donors (Lipinski definition) is 3. The summed E-state index contributed by atoms with van der Waals surface area (Å²) in [5.74, 6) is -2.12.